The summed E-state index contributed by atoms with van der Waals surface area (Å²) in [4.78, 5) is 0.184. The topological polar surface area (TPSA) is 82.2 Å². The normalized spacial score (nSPS) is 18.1. The van der Waals surface area contributed by atoms with Gasteiger partial charge >= 0.3 is 0 Å². The van der Waals surface area contributed by atoms with Crippen LogP contribution in [0.15, 0.2) is 90.2 Å². The number of rotatable bonds is 8. The summed E-state index contributed by atoms with van der Waals surface area (Å²) in [5, 5.41) is 9.56. The third-order valence-corrected chi connectivity index (χ3v) is 9.48. The number of aryl methyl sites for hydroxylation is 2. The molecule has 1 aliphatic heterocycles. The highest BCUT2D eigenvalue weighted by atomic mass is 32.2. The van der Waals surface area contributed by atoms with E-state index in [2.05, 4.69) is 22.3 Å². The zero-order valence-electron chi connectivity index (χ0n) is 22.4. The number of ether oxygens (including phenoxy) is 1. The lowest BCUT2D eigenvalue weighted by Gasteiger charge is -2.31. The maximum Gasteiger partial charge on any atom is 0.246 e. The number of aromatic nitrogens is 4. The fourth-order valence-corrected chi connectivity index (χ4v) is 7.13. The van der Waals surface area contributed by atoms with Crippen molar-refractivity contribution < 1.29 is 17.5 Å². The van der Waals surface area contributed by atoms with Crippen LogP contribution < -0.4 is 0 Å². The monoisotopic (exact) mass is 559 g/mol. The summed E-state index contributed by atoms with van der Waals surface area (Å²) in [6.45, 7) is 3.49. The third kappa shape index (κ3) is 4.83. The Balaban J connectivity index is 1.37. The van der Waals surface area contributed by atoms with Crippen molar-refractivity contribution in [1.82, 2.24) is 23.9 Å². The molecule has 3 heterocycles. The van der Waals surface area contributed by atoms with Gasteiger partial charge in [-0.1, -0.05) is 30.3 Å². The first-order valence-electron chi connectivity index (χ1n) is 13.1. The molecule has 6 rings (SSSR count). The molecular formula is C30H30FN5O3S. The van der Waals surface area contributed by atoms with Gasteiger partial charge in [0.15, 0.2) is 0 Å². The Labute approximate surface area is 232 Å². The first-order chi connectivity index (χ1) is 19.2. The van der Waals surface area contributed by atoms with Crippen molar-refractivity contribution in [3.8, 4) is 5.69 Å². The molecular weight excluding hydrogens is 529 g/mol. The molecule has 2 aromatic heterocycles. The predicted octanol–water partition coefficient (Wildman–Crippen LogP) is 4.76. The zero-order valence-corrected chi connectivity index (χ0v) is 23.2. The molecule has 0 bridgehead atoms. The first-order valence-corrected chi connectivity index (χ1v) is 14.5. The van der Waals surface area contributed by atoms with Crippen molar-refractivity contribution in [3.05, 3.63) is 108 Å². The lowest BCUT2D eigenvalue weighted by Crippen LogP contribution is -2.38. The van der Waals surface area contributed by atoms with Crippen LogP contribution in [0.3, 0.4) is 0 Å². The fourth-order valence-electron chi connectivity index (χ4n) is 5.61. The number of fused-ring (bicyclic) bond motifs is 1. The van der Waals surface area contributed by atoms with Gasteiger partial charge in [-0.2, -0.15) is 14.5 Å². The Morgan fingerprint density at radius 2 is 1.80 bits per heavy atom. The molecule has 1 saturated heterocycles. The molecule has 8 nitrogen and oxygen atoms in total. The highest BCUT2D eigenvalue weighted by molar-refractivity contribution is 7.89. The average molecular weight is 560 g/mol. The summed E-state index contributed by atoms with van der Waals surface area (Å²) >= 11 is 0. The van der Waals surface area contributed by atoms with E-state index in [-0.39, 0.29) is 17.3 Å². The van der Waals surface area contributed by atoms with Gasteiger partial charge in [-0.05, 0) is 66.4 Å². The molecule has 10 heteroatoms. The van der Waals surface area contributed by atoms with Crippen LogP contribution in [0.25, 0.3) is 16.6 Å². The Hall–Kier alpha value is -3.86. The second kappa shape index (κ2) is 10.3. The van der Waals surface area contributed by atoms with E-state index in [9.17, 15) is 12.8 Å². The van der Waals surface area contributed by atoms with Gasteiger partial charge in [0.05, 0.1) is 36.8 Å². The molecule has 5 aromatic rings. The maximum atomic E-state index is 13.5. The lowest BCUT2D eigenvalue weighted by molar-refractivity contribution is 0.0746. The molecule has 1 fully saturated rings. The van der Waals surface area contributed by atoms with E-state index >= 15 is 0 Å². The van der Waals surface area contributed by atoms with Crippen molar-refractivity contribution >= 4 is 20.9 Å². The minimum atomic E-state index is -3.72. The van der Waals surface area contributed by atoms with Crippen LogP contribution in [0.1, 0.15) is 23.1 Å². The number of halogens is 1. The number of nitrogens with zero attached hydrogens (tertiary/aromatic N) is 5. The molecule has 206 valence electrons. The summed E-state index contributed by atoms with van der Waals surface area (Å²) in [6, 6.07) is 20.3. The second-order valence-corrected chi connectivity index (χ2v) is 12.4. The van der Waals surface area contributed by atoms with Crippen LogP contribution in [0.5, 0.6) is 0 Å². The molecule has 1 atom stereocenters. The predicted molar refractivity (Wildman–Crippen MR) is 150 cm³/mol. The standard InChI is InChI=1S/C30H30FN5O3S/c1-22-14-29-24(16-33-36(29)26-10-8-25(31)9-11-26)15-28(22)30(21-39-19-23-6-4-3-5-7-23)12-13-35(20-30)40(37,38)27-17-32-34(2)18-27/h3-11,14-18H,12-13,19-21H2,1-2H3. The van der Waals surface area contributed by atoms with E-state index in [1.165, 1.54) is 29.2 Å². The van der Waals surface area contributed by atoms with Crippen LogP contribution in [-0.2, 0) is 33.8 Å². The smallest absolute Gasteiger partial charge is 0.246 e. The maximum absolute atomic E-state index is 13.5. The summed E-state index contributed by atoms with van der Waals surface area (Å²) in [6.07, 6.45) is 5.32. The van der Waals surface area contributed by atoms with E-state index in [0.717, 1.165) is 33.3 Å². The van der Waals surface area contributed by atoms with Crippen molar-refractivity contribution in [2.75, 3.05) is 19.7 Å². The number of sulfonamides is 1. The van der Waals surface area contributed by atoms with Crippen molar-refractivity contribution in [1.29, 1.82) is 0 Å². The Bertz CT molecular complexity index is 1770. The van der Waals surface area contributed by atoms with Gasteiger partial charge in [0.1, 0.15) is 10.7 Å². The summed E-state index contributed by atoms with van der Waals surface area (Å²) < 4.78 is 51.7. The van der Waals surface area contributed by atoms with Crippen molar-refractivity contribution in [2.45, 2.75) is 30.3 Å². The first kappa shape index (κ1) is 26.4. The molecule has 0 amide bonds. The van der Waals surface area contributed by atoms with Gasteiger partial charge < -0.3 is 4.74 Å². The highest BCUT2D eigenvalue weighted by Crippen LogP contribution is 2.41. The van der Waals surface area contributed by atoms with Gasteiger partial charge in [0.2, 0.25) is 10.0 Å². The Morgan fingerprint density at radius 3 is 2.52 bits per heavy atom. The van der Waals surface area contributed by atoms with Gasteiger partial charge in [0.25, 0.3) is 0 Å². The molecule has 0 aliphatic carbocycles. The van der Waals surface area contributed by atoms with Crippen LogP contribution in [0.2, 0.25) is 0 Å². The molecule has 0 spiro atoms. The fraction of sp³-hybridized carbons (Fsp3) is 0.267. The SMILES string of the molecule is Cc1cc2c(cnn2-c2ccc(F)cc2)cc1C1(COCc2ccccc2)CCN(S(=O)(=O)c2cnn(C)c2)C1. The number of benzene rings is 3. The van der Waals surface area contributed by atoms with Gasteiger partial charge in [-0.3, -0.25) is 4.68 Å². The van der Waals surface area contributed by atoms with Crippen LogP contribution in [-0.4, -0.2) is 52.0 Å². The molecule has 1 unspecified atom stereocenters. The summed E-state index contributed by atoms with van der Waals surface area (Å²) in [5.41, 5.74) is 4.21. The average Bonchev–Trinajstić information content (AvgIpc) is 3.69. The Morgan fingerprint density at radius 1 is 1.02 bits per heavy atom. The van der Waals surface area contributed by atoms with E-state index < -0.39 is 15.4 Å². The van der Waals surface area contributed by atoms with Crippen molar-refractivity contribution in [2.24, 2.45) is 7.05 Å². The largest absolute Gasteiger partial charge is 0.376 e. The quantitative estimate of drug-likeness (QED) is 0.274. The Kier molecular flexibility index (Phi) is 6.77. The van der Waals surface area contributed by atoms with E-state index in [4.69, 9.17) is 4.74 Å². The molecule has 0 saturated carbocycles. The van der Waals surface area contributed by atoms with Crippen molar-refractivity contribution in [3.63, 3.8) is 0 Å². The number of hydrogen-bond donors (Lipinski definition) is 0. The molecule has 40 heavy (non-hydrogen) atoms. The van der Waals surface area contributed by atoms with E-state index in [1.54, 1.807) is 34.4 Å². The van der Waals surface area contributed by atoms with Crippen LogP contribution >= 0.6 is 0 Å². The third-order valence-electron chi connectivity index (χ3n) is 7.68. The minimum Gasteiger partial charge on any atom is -0.376 e. The van der Waals surface area contributed by atoms with Crippen LogP contribution in [0, 0.1) is 12.7 Å². The second-order valence-electron chi connectivity index (χ2n) is 10.5. The van der Waals surface area contributed by atoms with E-state index in [1.807, 2.05) is 37.3 Å². The molecule has 3 aromatic carbocycles. The molecule has 0 N–H and O–H groups in total. The molecule has 0 radical (unpaired) electrons. The minimum absolute atomic E-state index is 0.184. The van der Waals surface area contributed by atoms with Gasteiger partial charge in [-0.15, -0.1) is 0 Å². The highest BCUT2D eigenvalue weighted by Gasteiger charge is 2.45. The summed E-state index contributed by atoms with van der Waals surface area (Å²) in [5.74, 6) is -0.303. The number of hydrogen-bond acceptors (Lipinski definition) is 5. The van der Waals surface area contributed by atoms with Gasteiger partial charge in [-0.25, -0.2) is 17.5 Å². The lowest BCUT2D eigenvalue weighted by atomic mass is 9.78. The zero-order chi connectivity index (χ0) is 27.9. The summed E-state index contributed by atoms with van der Waals surface area (Å²) in [7, 11) is -2.01. The van der Waals surface area contributed by atoms with Crippen LogP contribution in [0.4, 0.5) is 4.39 Å². The molecule has 1 aliphatic rings. The van der Waals surface area contributed by atoms with Gasteiger partial charge in [0, 0.05) is 37.1 Å². The van der Waals surface area contributed by atoms with E-state index in [0.29, 0.717) is 26.2 Å².